The number of hydrogen-bond donors (Lipinski definition) is 3. The third kappa shape index (κ3) is 3.70. The van der Waals surface area contributed by atoms with Gasteiger partial charge >= 0.3 is 0 Å². The van der Waals surface area contributed by atoms with Crippen molar-refractivity contribution >= 4 is 11.8 Å². The van der Waals surface area contributed by atoms with E-state index in [4.69, 9.17) is 5.73 Å². The van der Waals surface area contributed by atoms with E-state index in [0.717, 1.165) is 25.7 Å². The average molecular weight is 255 g/mol. The summed E-state index contributed by atoms with van der Waals surface area (Å²) in [5.41, 5.74) is 5.37. The summed E-state index contributed by atoms with van der Waals surface area (Å²) in [6.07, 6.45) is 3.93. The Labute approximate surface area is 109 Å². The van der Waals surface area contributed by atoms with E-state index < -0.39 is 5.41 Å². The number of hydrogen-bond acceptors (Lipinski definition) is 3. The number of nitrogens with one attached hydrogen (secondary N) is 2. The third-order valence-electron chi connectivity index (χ3n) is 3.70. The summed E-state index contributed by atoms with van der Waals surface area (Å²) in [4.78, 5) is 23.6. The average Bonchev–Trinajstić information content (AvgIpc) is 2.35. The molecule has 2 amide bonds. The molecule has 0 aromatic heterocycles. The largest absolute Gasteiger partial charge is 0.359 e. The second-order valence-corrected chi connectivity index (χ2v) is 5.74. The first-order valence-corrected chi connectivity index (χ1v) is 6.64. The molecule has 0 saturated heterocycles. The minimum atomic E-state index is -0.594. The lowest BCUT2D eigenvalue weighted by atomic mass is 9.84. The van der Waals surface area contributed by atoms with Gasteiger partial charge < -0.3 is 16.4 Å². The van der Waals surface area contributed by atoms with E-state index in [0.29, 0.717) is 6.54 Å². The maximum Gasteiger partial charge on any atom is 0.227 e. The third-order valence-corrected chi connectivity index (χ3v) is 3.70. The summed E-state index contributed by atoms with van der Waals surface area (Å²) < 4.78 is 0. The van der Waals surface area contributed by atoms with E-state index in [9.17, 15) is 9.59 Å². The van der Waals surface area contributed by atoms with Gasteiger partial charge in [-0.3, -0.25) is 9.59 Å². The number of nitrogens with two attached hydrogens (primary N) is 1. The molecule has 1 aliphatic rings. The van der Waals surface area contributed by atoms with Gasteiger partial charge in [-0.25, -0.2) is 0 Å². The van der Waals surface area contributed by atoms with Gasteiger partial charge in [-0.15, -0.1) is 0 Å². The fourth-order valence-corrected chi connectivity index (χ4v) is 2.34. The zero-order chi connectivity index (χ0) is 13.8. The molecule has 1 saturated carbocycles. The molecule has 0 heterocycles. The van der Waals surface area contributed by atoms with Crippen molar-refractivity contribution in [3.05, 3.63) is 0 Å². The van der Waals surface area contributed by atoms with Crippen molar-refractivity contribution in [2.75, 3.05) is 13.6 Å². The zero-order valence-corrected chi connectivity index (χ0v) is 11.6. The van der Waals surface area contributed by atoms with Gasteiger partial charge in [0.15, 0.2) is 0 Å². The van der Waals surface area contributed by atoms with Crippen LogP contribution in [0.15, 0.2) is 0 Å². The molecule has 1 aliphatic carbocycles. The summed E-state index contributed by atoms with van der Waals surface area (Å²) in [6, 6.07) is -0.0399. The molecule has 5 nitrogen and oxygen atoms in total. The Balaban J connectivity index is 2.47. The first-order valence-electron chi connectivity index (χ1n) is 6.64. The van der Waals surface area contributed by atoms with Gasteiger partial charge in [-0.05, 0) is 26.7 Å². The van der Waals surface area contributed by atoms with Gasteiger partial charge in [-0.1, -0.05) is 12.8 Å². The van der Waals surface area contributed by atoms with Gasteiger partial charge in [0.2, 0.25) is 11.8 Å². The van der Waals surface area contributed by atoms with Crippen LogP contribution < -0.4 is 16.4 Å². The summed E-state index contributed by atoms with van der Waals surface area (Å²) in [5.74, 6) is -0.186. The Hall–Kier alpha value is -1.10. The monoisotopic (exact) mass is 255 g/mol. The first kappa shape index (κ1) is 15.0. The van der Waals surface area contributed by atoms with E-state index in [-0.39, 0.29) is 23.8 Å². The lowest BCUT2D eigenvalue weighted by Crippen LogP contribution is -2.48. The zero-order valence-electron chi connectivity index (χ0n) is 11.6. The summed E-state index contributed by atoms with van der Waals surface area (Å²) in [5, 5.41) is 5.46. The number of carbonyl (C=O) groups is 2. The fourth-order valence-electron chi connectivity index (χ4n) is 2.34. The number of rotatable bonds is 4. The molecule has 1 rings (SSSR count). The lowest BCUT2D eigenvalue weighted by molar-refractivity contribution is -0.130. The SMILES string of the molecule is CNC(=O)C(C)(C)CNC(=O)C1CCCCC1N. The maximum atomic E-state index is 12.0. The maximum absolute atomic E-state index is 12.0. The van der Waals surface area contributed by atoms with Crippen molar-refractivity contribution in [2.24, 2.45) is 17.1 Å². The Kier molecular flexibility index (Phi) is 5.14. The Bertz CT molecular complexity index is 315. The molecule has 0 spiro atoms. The molecule has 0 aromatic carbocycles. The first-order chi connectivity index (χ1) is 8.38. The molecule has 0 aromatic rings. The molecular formula is C13H25N3O2. The molecule has 1 fully saturated rings. The topological polar surface area (TPSA) is 84.2 Å². The van der Waals surface area contributed by atoms with Crippen molar-refractivity contribution in [3.63, 3.8) is 0 Å². The van der Waals surface area contributed by atoms with Crippen LogP contribution in [-0.2, 0) is 9.59 Å². The number of amides is 2. The highest BCUT2D eigenvalue weighted by Gasteiger charge is 2.31. The molecule has 104 valence electrons. The second kappa shape index (κ2) is 6.18. The smallest absolute Gasteiger partial charge is 0.227 e. The minimum Gasteiger partial charge on any atom is -0.359 e. The quantitative estimate of drug-likeness (QED) is 0.679. The van der Waals surface area contributed by atoms with Crippen LogP contribution in [0.4, 0.5) is 0 Å². The van der Waals surface area contributed by atoms with Crippen molar-refractivity contribution in [1.82, 2.24) is 10.6 Å². The molecule has 0 aliphatic heterocycles. The highest BCUT2D eigenvalue weighted by atomic mass is 16.2. The Morgan fingerprint density at radius 1 is 1.28 bits per heavy atom. The van der Waals surface area contributed by atoms with E-state index >= 15 is 0 Å². The fraction of sp³-hybridized carbons (Fsp3) is 0.846. The molecule has 18 heavy (non-hydrogen) atoms. The van der Waals surface area contributed by atoms with E-state index in [1.807, 2.05) is 13.8 Å². The molecule has 2 atom stereocenters. The van der Waals surface area contributed by atoms with Crippen LogP contribution in [0.3, 0.4) is 0 Å². The van der Waals surface area contributed by atoms with Crippen LogP contribution in [0.2, 0.25) is 0 Å². The van der Waals surface area contributed by atoms with Crippen molar-refractivity contribution in [2.45, 2.75) is 45.6 Å². The summed E-state index contributed by atoms with van der Waals surface area (Å²) >= 11 is 0. The standard InChI is InChI=1S/C13H25N3O2/c1-13(2,12(18)15-3)8-16-11(17)9-6-4-5-7-10(9)14/h9-10H,4-8,14H2,1-3H3,(H,15,18)(H,16,17). The van der Waals surface area contributed by atoms with Crippen LogP contribution >= 0.6 is 0 Å². The van der Waals surface area contributed by atoms with Gasteiger partial charge in [0.25, 0.3) is 0 Å². The molecule has 4 N–H and O–H groups in total. The molecular weight excluding hydrogens is 230 g/mol. The molecule has 2 unspecified atom stereocenters. The van der Waals surface area contributed by atoms with E-state index in [1.165, 1.54) is 0 Å². The van der Waals surface area contributed by atoms with Crippen LogP contribution in [0.25, 0.3) is 0 Å². The van der Waals surface area contributed by atoms with E-state index in [1.54, 1.807) is 7.05 Å². The van der Waals surface area contributed by atoms with Crippen LogP contribution in [0, 0.1) is 11.3 Å². The van der Waals surface area contributed by atoms with Crippen molar-refractivity contribution in [1.29, 1.82) is 0 Å². The lowest BCUT2D eigenvalue weighted by Gasteiger charge is -2.29. The Morgan fingerprint density at radius 2 is 1.89 bits per heavy atom. The summed E-state index contributed by atoms with van der Waals surface area (Å²) in [6.45, 7) is 3.97. The van der Waals surface area contributed by atoms with Gasteiger partial charge in [0.05, 0.1) is 11.3 Å². The highest BCUT2D eigenvalue weighted by Crippen LogP contribution is 2.23. The highest BCUT2D eigenvalue weighted by molar-refractivity contribution is 5.84. The van der Waals surface area contributed by atoms with Gasteiger partial charge in [0, 0.05) is 19.6 Å². The predicted octanol–water partition coefficient (Wildman–Crippen LogP) is 0.392. The second-order valence-electron chi connectivity index (χ2n) is 5.74. The Morgan fingerprint density at radius 3 is 2.44 bits per heavy atom. The summed E-state index contributed by atoms with van der Waals surface area (Å²) in [7, 11) is 1.60. The predicted molar refractivity (Wildman–Crippen MR) is 70.8 cm³/mol. The molecule has 0 radical (unpaired) electrons. The van der Waals surface area contributed by atoms with Crippen LogP contribution in [-0.4, -0.2) is 31.4 Å². The molecule has 5 heteroatoms. The molecule has 0 bridgehead atoms. The van der Waals surface area contributed by atoms with Gasteiger partial charge in [-0.2, -0.15) is 0 Å². The van der Waals surface area contributed by atoms with E-state index in [2.05, 4.69) is 10.6 Å². The normalized spacial score (nSPS) is 24.4. The van der Waals surface area contributed by atoms with Crippen LogP contribution in [0.5, 0.6) is 0 Å². The minimum absolute atomic E-state index is 0.0146. The van der Waals surface area contributed by atoms with Crippen molar-refractivity contribution < 1.29 is 9.59 Å². The number of carbonyl (C=O) groups excluding carboxylic acids is 2. The van der Waals surface area contributed by atoms with Gasteiger partial charge in [0.1, 0.15) is 0 Å². The van der Waals surface area contributed by atoms with Crippen molar-refractivity contribution in [3.8, 4) is 0 Å². The van der Waals surface area contributed by atoms with Crippen LogP contribution in [0.1, 0.15) is 39.5 Å².